The minimum Gasteiger partial charge on any atom is -0.240 e. The largest absolute Gasteiger partial charge is 0.240 e. The molecule has 0 fully saturated rings. The molecule has 19 heavy (non-hydrogen) atoms. The molecule has 2 aromatic carbocycles. The zero-order valence-electron chi connectivity index (χ0n) is 10.3. The summed E-state index contributed by atoms with van der Waals surface area (Å²) in [6.07, 6.45) is 3.97. The molecule has 0 aliphatic rings. The summed E-state index contributed by atoms with van der Waals surface area (Å²) >= 11 is 3.52. The Kier molecular flexibility index (Phi) is 3.47. The van der Waals surface area contributed by atoms with Gasteiger partial charge in [-0.2, -0.15) is 5.10 Å². The van der Waals surface area contributed by atoms with E-state index in [2.05, 4.69) is 51.5 Å². The molecular formula is C16H13BrN2. The zero-order valence-corrected chi connectivity index (χ0v) is 11.9. The first-order valence-corrected chi connectivity index (χ1v) is 7.25. The molecule has 1 aromatic heterocycles. The molecule has 0 unspecified atom stereocenters. The van der Waals surface area contributed by atoms with Crippen LogP contribution in [0.5, 0.6) is 0 Å². The maximum absolute atomic E-state index is 4.47. The van der Waals surface area contributed by atoms with Crippen LogP contribution in [0.2, 0.25) is 0 Å². The maximum atomic E-state index is 4.47. The lowest BCUT2D eigenvalue weighted by Crippen LogP contribution is -1.97. The molecule has 0 bridgehead atoms. The Bertz CT molecular complexity index is 674. The van der Waals surface area contributed by atoms with Gasteiger partial charge < -0.3 is 0 Å². The molecule has 0 amide bonds. The van der Waals surface area contributed by atoms with Gasteiger partial charge in [0.2, 0.25) is 0 Å². The summed E-state index contributed by atoms with van der Waals surface area (Å²) in [5, 5.41) is 5.29. The number of halogens is 1. The molecule has 0 aliphatic carbocycles. The number of hydrogen-bond acceptors (Lipinski definition) is 1. The molecule has 2 nitrogen and oxygen atoms in total. The van der Waals surface area contributed by atoms with Gasteiger partial charge in [-0.15, -0.1) is 0 Å². The average Bonchev–Trinajstić information content (AvgIpc) is 2.98. The number of hydrogen-bond donors (Lipinski definition) is 0. The van der Waals surface area contributed by atoms with Gasteiger partial charge in [0.1, 0.15) is 0 Å². The average molecular weight is 313 g/mol. The second-order valence-electron chi connectivity index (χ2n) is 4.30. The molecule has 0 aliphatic heterocycles. The van der Waals surface area contributed by atoms with Gasteiger partial charge in [0.25, 0.3) is 0 Å². The third-order valence-corrected chi connectivity index (χ3v) is 3.68. The summed E-state index contributed by atoms with van der Waals surface area (Å²) in [6, 6.07) is 18.6. The van der Waals surface area contributed by atoms with Crippen LogP contribution in [0.25, 0.3) is 16.8 Å². The van der Waals surface area contributed by atoms with E-state index >= 15 is 0 Å². The van der Waals surface area contributed by atoms with E-state index in [0.29, 0.717) is 0 Å². The molecular weight excluding hydrogens is 300 g/mol. The third kappa shape index (κ3) is 2.47. The smallest absolute Gasteiger partial charge is 0.0686 e. The lowest BCUT2D eigenvalue weighted by molar-refractivity contribution is 0.872. The van der Waals surface area contributed by atoms with Crippen molar-refractivity contribution in [3.63, 3.8) is 0 Å². The van der Waals surface area contributed by atoms with Gasteiger partial charge in [0, 0.05) is 17.1 Å². The quantitative estimate of drug-likeness (QED) is 0.654. The minimum absolute atomic E-state index is 0.823. The Morgan fingerprint density at radius 3 is 2.42 bits per heavy atom. The van der Waals surface area contributed by atoms with Crippen molar-refractivity contribution in [3.8, 4) is 16.8 Å². The first kappa shape index (κ1) is 12.2. The van der Waals surface area contributed by atoms with Crippen LogP contribution < -0.4 is 0 Å². The standard InChI is InChI=1S/C16H13BrN2/c17-10-14-8-4-5-9-16(14)19-12-15(11-18-19)13-6-2-1-3-7-13/h1-9,11-12H,10H2. The molecule has 1 heterocycles. The lowest BCUT2D eigenvalue weighted by atomic mass is 10.1. The second-order valence-corrected chi connectivity index (χ2v) is 4.86. The van der Waals surface area contributed by atoms with Gasteiger partial charge in [0.05, 0.1) is 11.9 Å². The molecule has 3 heteroatoms. The minimum atomic E-state index is 0.823. The van der Waals surface area contributed by atoms with Crippen LogP contribution >= 0.6 is 15.9 Å². The van der Waals surface area contributed by atoms with Crippen molar-refractivity contribution in [1.29, 1.82) is 0 Å². The number of rotatable bonds is 3. The van der Waals surface area contributed by atoms with E-state index in [1.165, 1.54) is 11.1 Å². The molecule has 0 saturated heterocycles. The van der Waals surface area contributed by atoms with E-state index in [1.54, 1.807) is 0 Å². The van der Waals surface area contributed by atoms with Gasteiger partial charge in [-0.25, -0.2) is 4.68 Å². The van der Waals surface area contributed by atoms with Crippen LogP contribution in [0.4, 0.5) is 0 Å². The van der Waals surface area contributed by atoms with Gasteiger partial charge >= 0.3 is 0 Å². The summed E-state index contributed by atoms with van der Waals surface area (Å²) in [6.45, 7) is 0. The van der Waals surface area contributed by atoms with Crippen molar-refractivity contribution in [1.82, 2.24) is 9.78 Å². The molecule has 0 saturated carbocycles. The first-order chi connectivity index (χ1) is 9.38. The third-order valence-electron chi connectivity index (χ3n) is 3.07. The lowest BCUT2D eigenvalue weighted by Gasteiger charge is -2.06. The summed E-state index contributed by atoms with van der Waals surface area (Å²) < 4.78 is 1.93. The molecule has 0 atom stereocenters. The SMILES string of the molecule is BrCc1ccccc1-n1cc(-c2ccccc2)cn1. The van der Waals surface area contributed by atoms with Crippen molar-refractivity contribution in [2.75, 3.05) is 0 Å². The summed E-state index contributed by atoms with van der Waals surface area (Å²) in [4.78, 5) is 0. The van der Waals surface area contributed by atoms with Crippen LogP contribution in [0.15, 0.2) is 67.0 Å². The van der Waals surface area contributed by atoms with E-state index in [9.17, 15) is 0 Å². The van der Waals surface area contributed by atoms with E-state index in [1.807, 2.05) is 41.2 Å². The molecule has 0 N–H and O–H groups in total. The molecule has 3 rings (SSSR count). The number of benzene rings is 2. The van der Waals surface area contributed by atoms with Crippen LogP contribution in [0, 0.1) is 0 Å². The van der Waals surface area contributed by atoms with Gasteiger partial charge in [-0.05, 0) is 17.2 Å². The molecule has 0 radical (unpaired) electrons. The Morgan fingerprint density at radius 1 is 0.895 bits per heavy atom. The fourth-order valence-electron chi connectivity index (χ4n) is 2.08. The number of aromatic nitrogens is 2. The maximum Gasteiger partial charge on any atom is 0.0686 e. The predicted molar refractivity (Wildman–Crippen MR) is 81.6 cm³/mol. The van der Waals surface area contributed by atoms with Crippen LogP contribution in [-0.2, 0) is 5.33 Å². The van der Waals surface area contributed by atoms with Gasteiger partial charge in [0.15, 0.2) is 0 Å². The van der Waals surface area contributed by atoms with E-state index in [-0.39, 0.29) is 0 Å². The Labute approximate surface area is 120 Å². The zero-order chi connectivity index (χ0) is 13.1. The second kappa shape index (κ2) is 5.41. The Hall–Kier alpha value is -1.87. The molecule has 94 valence electrons. The molecule has 0 spiro atoms. The Morgan fingerprint density at radius 2 is 1.63 bits per heavy atom. The van der Waals surface area contributed by atoms with Crippen LogP contribution in [-0.4, -0.2) is 9.78 Å². The summed E-state index contributed by atoms with van der Waals surface area (Å²) in [5.41, 5.74) is 4.65. The van der Waals surface area contributed by atoms with Crippen molar-refractivity contribution < 1.29 is 0 Å². The normalized spacial score (nSPS) is 10.6. The first-order valence-electron chi connectivity index (χ1n) is 6.13. The van der Waals surface area contributed by atoms with Crippen LogP contribution in [0.3, 0.4) is 0 Å². The highest BCUT2D eigenvalue weighted by Gasteiger charge is 2.06. The highest BCUT2D eigenvalue weighted by Crippen LogP contribution is 2.22. The van der Waals surface area contributed by atoms with Crippen molar-refractivity contribution in [2.24, 2.45) is 0 Å². The van der Waals surface area contributed by atoms with Crippen molar-refractivity contribution >= 4 is 15.9 Å². The Balaban J connectivity index is 2.02. The highest BCUT2D eigenvalue weighted by molar-refractivity contribution is 9.08. The topological polar surface area (TPSA) is 17.8 Å². The monoisotopic (exact) mass is 312 g/mol. The van der Waals surface area contributed by atoms with E-state index in [0.717, 1.165) is 16.6 Å². The van der Waals surface area contributed by atoms with Gasteiger partial charge in [-0.3, -0.25) is 0 Å². The summed E-state index contributed by atoms with van der Waals surface area (Å²) in [7, 11) is 0. The van der Waals surface area contributed by atoms with Crippen LogP contribution in [0.1, 0.15) is 5.56 Å². The van der Waals surface area contributed by atoms with E-state index < -0.39 is 0 Å². The fraction of sp³-hybridized carbons (Fsp3) is 0.0625. The number of alkyl halides is 1. The summed E-state index contributed by atoms with van der Waals surface area (Å²) in [5.74, 6) is 0. The van der Waals surface area contributed by atoms with Crippen molar-refractivity contribution in [2.45, 2.75) is 5.33 Å². The predicted octanol–water partition coefficient (Wildman–Crippen LogP) is 4.43. The molecule has 3 aromatic rings. The number of para-hydroxylation sites is 1. The van der Waals surface area contributed by atoms with E-state index in [4.69, 9.17) is 0 Å². The van der Waals surface area contributed by atoms with Crippen molar-refractivity contribution in [3.05, 3.63) is 72.6 Å². The number of nitrogens with zero attached hydrogens (tertiary/aromatic N) is 2. The van der Waals surface area contributed by atoms with Gasteiger partial charge in [-0.1, -0.05) is 64.5 Å². The fourth-order valence-corrected chi connectivity index (χ4v) is 2.56. The highest BCUT2D eigenvalue weighted by atomic mass is 79.9.